The molecule has 1 aromatic carbocycles. The third-order valence-corrected chi connectivity index (χ3v) is 5.49. The zero-order valence-electron chi connectivity index (χ0n) is 16.5. The Labute approximate surface area is 169 Å². The molecule has 1 N–H and O–H groups in total. The summed E-state index contributed by atoms with van der Waals surface area (Å²) in [6, 6.07) is 8.79. The molecule has 1 aliphatic rings. The second-order valence-electron chi connectivity index (χ2n) is 7.66. The molecule has 3 rings (SSSR count). The van der Waals surface area contributed by atoms with Gasteiger partial charge in [0.25, 0.3) is 0 Å². The fraction of sp³-hybridized carbons (Fsp3) is 0.500. The van der Waals surface area contributed by atoms with Crippen LogP contribution in [0, 0.1) is 0 Å². The van der Waals surface area contributed by atoms with E-state index in [4.69, 9.17) is 4.42 Å². The largest absolute Gasteiger partial charge is 0.468 e. The standard InChI is InChI=1S/C22H27F3N2O2/c1-16(17-7-9-18(10-8-17)22(23,24)25)14-21(28)26-15-19(20-6-5-13-29-20)27-11-3-2-4-12-27/h5-10,13,16,19H,2-4,11-12,14-15H2,1H3,(H,26,28). The molecule has 0 radical (unpaired) electrons. The highest BCUT2D eigenvalue weighted by Gasteiger charge is 2.30. The molecule has 0 bridgehead atoms. The monoisotopic (exact) mass is 408 g/mol. The molecular weight excluding hydrogens is 381 g/mol. The van der Waals surface area contributed by atoms with Crippen LogP contribution < -0.4 is 5.32 Å². The first-order valence-electron chi connectivity index (χ1n) is 10.1. The van der Waals surface area contributed by atoms with E-state index in [1.807, 2.05) is 19.1 Å². The van der Waals surface area contributed by atoms with Crippen molar-refractivity contribution in [2.24, 2.45) is 0 Å². The molecule has 1 aliphatic heterocycles. The second-order valence-corrected chi connectivity index (χ2v) is 7.66. The molecule has 2 unspecified atom stereocenters. The highest BCUT2D eigenvalue weighted by Crippen LogP contribution is 2.31. The zero-order valence-corrected chi connectivity index (χ0v) is 16.5. The summed E-state index contributed by atoms with van der Waals surface area (Å²) >= 11 is 0. The number of hydrogen-bond donors (Lipinski definition) is 1. The number of piperidine rings is 1. The normalized spacial score (nSPS) is 17.7. The first-order chi connectivity index (χ1) is 13.8. The molecule has 1 amide bonds. The van der Waals surface area contributed by atoms with Gasteiger partial charge >= 0.3 is 6.18 Å². The number of rotatable bonds is 7. The summed E-state index contributed by atoms with van der Waals surface area (Å²) in [7, 11) is 0. The minimum Gasteiger partial charge on any atom is -0.468 e. The maximum absolute atomic E-state index is 12.7. The Bertz CT molecular complexity index is 766. The molecule has 0 spiro atoms. The lowest BCUT2D eigenvalue weighted by Crippen LogP contribution is -2.40. The van der Waals surface area contributed by atoms with Gasteiger partial charge in [0.15, 0.2) is 0 Å². The molecule has 4 nitrogen and oxygen atoms in total. The first kappa shape index (κ1) is 21.4. The molecule has 29 heavy (non-hydrogen) atoms. The van der Waals surface area contributed by atoms with Gasteiger partial charge in [-0.3, -0.25) is 9.69 Å². The number of alkyl halides is 3. The number of amides is 1. The summed E-state index contributed by atoms with van der Waals surface area (Å²) in [5.41, 5.74) is 0.0347. The quantitative estimate of drug-likeness (QED) is 0.690. The molecule has 2 aromatic rings. The van der Waals surface area contributed by atoms with E-state index < -0.39 is 11.7 Å². The summed E-state index contributed by atoms with van der Waals surface area (Å²) in [6.07, 6.45) is 0.996. The van der Waals surface area contributed by atoms with Crippen molar-refractivity contribution in [3.8, 4) is 0 Å². The third kappa shape index (κ3) is 5.85. The lowest BCUT2D eigenvalue weighted by molar-refractivity contribution is -0.137. The molecule has 0 saturated carbocycles. The summed E-state index contributed by atoms with van der Waals surface area (Å²) in [4.78, 5) is 14.8. The number of carbonyl (C=O) groups is 1. The summed E-state index contributed by atoms with van der Waals surface area (Å²) in [6.45, 7) is 4.25. The van der Waals surface area contributed by atoms with Gasteiger partial charge in [-0.1, -0.05) is 25.5 Å². The Morgan fingerprint density at radius 3 is 2.41 bits per heavy atom. The van der Waals surface area contributed by atoms with Gasteiger partial charge < -0.3 is 9.73 Å². The first-order valence-corrected chi connectivity index (χ1v) is 10.1. The molecule has 7 heteroatoms. The number of benzene rings is 1. The van der Waals surface area contributed by atoms with E-state index in [2.05, 4.69) is 10.2 Å². The SMILES string of the molecule is CC(CC(=O)NCC(c1ccco1)N1CCCCC1)c1ccc(C(F)(F)F)cc1. The van der Waals surface area contributed by atoms with Crippen LogP contribution in [0.1, 0.15) is 61.5 Å². The van der Waals surface area contributed by atoms with E-state index in [1.54, 1.807) is 6.26 Å². The number of furan rings is 1. The van der Waals surface area contributed by atoms with Crippen molar-refractivity contribution in [3.63, 3.8) is 0 Å². The maximum atomic E-state index is 12.7. The van der Waals surface area contributed by atoms with Crippen molar-refractivity contribution in [2.45, 2.75) is 50.7 Å². The Morgan fingerprint density at radius 1 is 1.14 bits per heavy atom. The Morgan fingerprint density at radius 2 is 1.83 bits per heavy atom. The summed E-state index contributed by atoms with van der Waals surface area (Å²) in [5.74, 6) is 0.545. The maximum Gasteiger partial charge on any atom is 0.416 e. The topological polar surface area (TPSA) is 45.5 Å². The van der Waals surface area contributed by atoms with E-state index in [9.17, 15) is 18.0 Å². The number of carbonyl (C=O) groups excluding carboxylic acids is 1. The van der Waals surface area contributed by atoms with E-state index in [1.165, 1.54) is 18.6 Å². The van der Waals surface area contributed by atoms with Gasteiger partial charge in [-0.15, -0.1) is 0 Å². The van der Waals surface area contributed by atoms with Gasteiger partial charge in [-0.2, -0.15) is 13.2 Å². The number of likely N-dealkylation sites (tertiary alicyclic amines) is 1. The van der Waals surface area contributed by atoms with E-state index >= 15 is 0 Å². The number of nitrogens with zero attached hydrogens (tertiary/aromatic N) is 1. The zero-order chi connectivity index (χ0) is 20.9. The van der Waals surface area contributed by atoms with Gasteiger partial charge in [0, 0.05) is 13.0 Å². The van der Waals surface area contributed by atoms with Crippen LogP contribution in [0.4, 0.5) is 13.2 Å². The van der Waals surface area contributed by atoms with Crippen molar-refractivity contribution >= 4 is 5.91 Å². The van der Waals surface area contributed by atoms with Crippen LogP contribution in [0.5, 0.6) is 0 Å². The van der Waals surface area contributed by atoms with Crippen molar-refractivity contribution in [2.75, 3.05) is 19.6 Å². The van der Waals surface area contributed by atoms with Crippen molar-refractivity contribution in [3.05, 3.63) is 59.5 Å². The van der Waals surface area contributed by atoms with Gasteiger partial charge in [-0.25, -0.2) is 0 Å². The molecule has 2 heterocycles. The number of nitrogens with one attached hydrogen (secondary N) is 1. The lowest BCUT2D eigenvalue weighted by Gasteiger charge is -2.33. The summed E-state index contributed by atoms with van der Waals surface area (Å²) < 4.78 is 43.7. The average molecular weight is 408 g/mol. The molecule has 158 valence electrons. The Hall–Kier alpha value is -2.28. The van der Waals surface area contributed by atoms with Gasteiger partial charge in [0.1, 0.15) is 5.76 Å². The molecular formula is C22H27F3N2O2. The molecule has 1 saturated heterocycles. The van der Waals surface area contributed by atoms with Crippen molar-refractivity contribution < 1.29 is 22.4 Å². The number of halogens is 3. The van der Waals surface area contributed by atoms with Crippen molar-refractivity contribution in [1.82, 2.24) is 10.2 Å². The fourth-order valence-corrected chi connectivity index (χ4v) is 3.80. The fourth-order valence-electron chi connectivity index (χ4n) is 3.80. The lowest BCUT2D eigenvalue weighted by atomic mass is 9.96. The van der Waals surface area contributed by atoms with Crippen LogP contribution in [0.25, 0.3) is 0 Å². The Balaban J connectivity index is 1.56. The van der Waals surface area contributed by atoms with Crippen LogP contribution >= 0.6 is 0 Å². The predicted octanol–water partition coefficient (Wildman–Crippen LogP) is 5.14. The molecule has 1 aromatic heterocycles. The average Bonchev–Trinajstić information content (AvgIpc) is 3.23. The van der Waals surface area contributed by atoms with Gasteiger partial charge in [0.2, 0.25) is 5.91 Å². The van der Waals surface area contributed by atoms with Crippen LogP contribution in [0.3, 0.4) is 0 Å². The van der Waals surface area contributed by atoms with Gasteiger partial charge in [0.05, 0.1) is 17.9 Å². The van der Waals surface area contributed by atoms with Gasteiger partial charge in [-0.05, 0) is 61.7 Å². The van der Waals surface area contributed by atoms with Crippen LogP contribution in [-0.4, -0.2) is 30.4 Å². The minimum absolute atomic E-state index is 0.00405. The minimum atomic E-state index is -4.35. The van der Waals surface area contributed by atoms with Crippen LogP contribution in [0.2, 0.25) is 0 Å². The van der Waals surface area contributed by atoms with E-state index in [0.29, 0.717) is 12.1 Å². The highest BCUT2D eigenvalue weighted by atomic mass is 19.4. The smallest absolute Gasteiger partial charge is 0.416 e. The molecule has 1 fully saturated rings. The van der Waals surface area contributed by atoms with Crippen LogP contribution in [0.15, 0.2) is 47.1 Å². The van der Waals surface area contributed by atoms with Crippen molar-refractivity contribution in [1.29, 1.82) is 0 Å². The van der Waals surface area contributed by atoms with E-state index in [0.717, 1.165) is 43.8 Å². The number of hydrogen-bond acceptors (Lipinski definition) is 3. The van der Waals surface area contributed by atoms with Crippen LogP contribution in [-0.2, 0) is 11.0 Å². The highest BCUT2D eigenvalue weighted by molar-refractivity contribution is 5.76. The predicted molar refractivity (Wildman–Crippen MR) is 104 cm³/mol. The second kappa shape index (κ2) is 9.48. The molecule has 2 atom stereocenters. The Kier molecular flexibility index (Phi) is 7.00. The summed E-state index contributed by atoms with van der Waals surface area (Å²) in [5, 5.41) is 2.98. The van der Waals surface area contributed by atoms with E-state index in [-0.39, 0.29) is 24.3 Å². The molecule has 0 aliphatic carbocycles. The third-order valence-electron chi connectivity index (χ3n) is 5.49.